The van der Waals surface area contributed by atoms with Crippen molar-refractivity contribution in [2.75, 3.05) is 13.6 Å². The van der Waals surface area contributed by atoms with Gasteiger partial charge in [-0.1, -0.05) is 63.5 Å². The summed E-state index contributed by atoms with van der Waals surface area (Å²) in [6.45, 7) is 7.07. The van der Waals surface area contributed by atoms with E-state index in [0.29, 0.717) is 10.9 Å². The van der Waals surface area contributed by atoms with E-state index in [-0.39, 0.29) is 0 Å². The van der Waals surface area contributed by atoms with Crippen LogP contribution in [0.25, 0.3) is 0 Å². The molecule has 29 heavy (non-hydrogen) atoms. The predicted octanol–water partition coefficient (Wildman–Crippen LogP) is 6.33. The molecule has 5 nitrogen and oxygen atoms in total. The SMILES string of the molecule is CC(C)S(=O)(=O)O.CCCCCCCCCCN(C)Cc1cncc(Cl)c1CCl. The van der Waals surface area contributed by atoms with Crippen molar-refractivity contribution < 1.29 is 13.0 Å². The lowest BCUT2D eigenvalue weighted by Gasteiger charge is -2.18. The minimum absolute atomic E-state index is 0.447. The molecule has 0 spiro atoms. The monoisotopic (exact) mass is 468 g/mol. The van der Waals surface area contributed by atoms with Crippen LogP contribution < -0.4 is 0 Å². The first-order chi connectivity index (χ1) is 13.6. The number of unbranched alkanes of at least 4 members (excludes halogenated alkanes) is 7. The normalized spacial score (nSPS) is 11.6. The molecular formula is C21H38Cl2N2O3S. The zero-order chi connectivity index (χ0) is 22.3. The molecule has 8 heteroatoms. The molecule has 0 aliphatic rings. The summed E-state index contributed by atoms with van der Waals surface area (Å²) in [5.74, 6) is 0.447. The maximum absolute atomic E-state index is 9.89. The lowest BCUT2D eigenvalue weighted by Crippen LogP contribution is -2.20. The number of pyridine rings is 1. The van der Waals surface area contributed by atoms with E-state index in [4.69, 9.17) is 27.8 Å². The zero-order valence-electron chi connectivity index (χ0n) is 18.3. The zero-order valence-corrected chi connectivity index (χ0v) is 20.7. The van der Waals surface area contributed by atoms with E-state index in [1.807, 2.05) is 6.20 Å². The number of rotatable bonds is 13. The molecule has 170 valence electrons. The highest BCUT2D eigenvalue weighted by atomic mass is 35.5. The number of hydrogen-bond donors (Lipinski definition) is 1. The van der Waals surface area contributed by atoms with Crippen LogP contribution in [0.1, 0.15) is 83.3 Å². The molecule has 1 rings (SSSR count). The van der Waals surface area contributed by atoms with Crippen molar-refractivity contribution in [2.45, 2.75) is 89.8 Å². The van der Waals surface area contributed by atoms with E-state index in [0.717, 1.165) is 24.2 Å². The summed E-state index contributed by atoms with van der Waals surface area (Å²) in [4.78, 5) is 6.51. The molecule has 0 aromatic carbocycles. The smallest absolute Gasteiger partial charge is 0.267 e. The second kappa shape index (κ2) is 16.3. The van der Waals surface area contributed by atoms with Gasteiger partial charge in [0.15, 0.2) is 0 Å². The van der Waals surface area contributed by atoms with Crippen molar-refractivity contribution in [2.24, 2.45) is 0 Å². The molecule has 0 atom stereocenters. The second-order valence-electron chi connectivity index (χ2n) is 7.67. The van der Waals surface area contributed by atoms with Crippen LogP contribution in [0.4, 0.5) is 0 Å². The Balaban J connectivity index is 0.000000956. The van der Waals surface area contributed by atoms with E-state index in [1.165, 1.54) is 65.2 Å². The number of alkyl halides is 1. The average Bonchev–Trinajstić information content (AvgIpc) is 2.64. The number of halogens is 2. The topological polar surface area (TPSA) is 70.5 Å². The van der Waals surface area contributed by atoms with Crippen LogP contribution in [0.2, 0.25) is 5.02 Å². The number of aromatic nitrogens is 1. The van der Waals surface area contributed by atoms with Crippen molar-refractivity contribution in [3.63, 3.8) is 0 Å². The predicted molar refractivity (Wildman–Crippen MR) is 124 cm³/mol. The van der Waals surface area contributed by atoms with Gasteiger partial charge in [-0.15, -0.1) is 11.6 Å². The Hall–Kier alpha value is -0.400. The quantitative estimate of drug-likeness (QED) is 0.208. The van der Waals surface area contributed by atoms with Gasteiger partial charge in [0.25, 0.3) is 10.1 Å². The van der Waals surface area contributed by atoms with Crippen LogP contribution >= 0.6 is 23.2 Å². The van der Waals surface area contributed by atoms with Gasteiger partial charge in [0, 0.05) is 24.8 Å². The van der Waals surface area contributed by atoms with Gasteiger partial charge in [0.1, 0.15) is 0 Å². The molecule has 0 fully saturated rings. The summed E-state index contributed by atoms with van der Waals surface area (Å²) in [6, 6.07) is 0. The molecule has 0 amide bonds. The Morgan fingerprint density at radius 1 is 1.07 bits per heavy atom. The minimum Gasteiger partial charge on any atom is -0.302 e. The molecule has 1 aromatic rings. The first kappa shape index (κ1) is 28.6. The molecule has 0 aliphatic carbocycles. The fourth-order valence-corrected chi connectivity index (χ4v) is 3.30. The Morgan fingerprint density at radius 3 is 2.07 bits per heavy atom. The van der Waals surface area contributed by atoms with Gasteiger partial charge >= 0.3 is 0 Å². The van der Waals surface area contributed by atoms with Crippen LogP contribution in [-0.2, 0) is 22.5 Å². The summed E-state index contributed by atoms with van der Waals surface area (Å²) in [5.41, 5.74) is 2.16. The van der Waals surface area contributed by atoms with Crippen LogP contribution in [0.3, 0.4) is 0 Å². The summed E-state index contributed by atoms with van der Waals surface area (Å²) in [7, 11) is -1.59. The summed E-state index contributed by atoms with van der Waals surface area (Å²) in [5, 5.41) is 0.000444. The van der Waals surface area contributed by atoms with Gasteiger partial charge in [-0.25, -0.2) is 0 Å². The molecule has 0 saturated carbocycles. The Kier molecular flexibility index (Phi) is 16.1. The molecule has 1 N–H and O–H groups in total. The lowest BCUT2D eigenvalue weighted by molar-refractivity contribution is 0.315. The van der Waals surface area contributed by atoms with Gasteiger partial charge < -0.3 is 4.90 Å². The van der Waals surface area contributed by atoms with Gasteiger partial charge in [-0.3, -0.25) is 9.54 Å². The van der Waals surface area contributed by atoms with Crippen molar-refractivity contribution >= 4 is 33.3 Å². The van der Waals surface area contributed by atoms with Crippen molar-refractivity contribution in [3.05, 3.63) is 28.5 Å². The second-order valence-corrected chi connectivity index (χ2v) is 10.3. The van der Waals surface area contributed by atoms with Crippen molar-refractivity contribution in [3.8, 4) is 0 Å². The summed E-state index contributed by atoms with van der Waals surface area (Å²) >= 11 is 12.1. The highest BCUT2D eigenvalue weighted by molar-refractivity contribution is 7.86. The van der Waals surface area contributed by atoms with E-state index >= 15 is 0 Å². The first-order valence-corrected chi connectivity index (χ1v) is 12.9. The third-order valence-electron chi connectivity index (χ3n) is 4.66. The number of hydrogen-bond acceptors (Lipinski definition) is 4. The third kappa shape index (κ3) is 14.3. The van der Waals surface area contributed by atoms with Crippen LogP contribution in [0, 0.1) is 0 Å². The van der Waals surface area contributed by atoms with Crippen molar-refractivity contribution in [1.82, 2.24) is 9.88 Å². The maximum atomic E-state index is 9.89. The fraction of sp³-hybridized carbons (Fsp3) is 0.762. The van der Waals surface area contributed by atoms with Crippen LogP contribution in [-0.4, -0.2) is 41.7 Å². The Morgan fingerprint density at radius 2 is 1.59 bits per heavy atom. The molecular weight excluding hydrogens is 431 g/mol. The standard InChI is InChI=1S/C18H30Cl2N2.C3H8O3S/c1-3-4-5-6-7-8-9-10-11-22(2)15-16-13-21-14-18(20)17(16)12-19;1-3(2)7(4,5)6/h13-14H,3-12,15H2,1-2H3;3H,1-2H3,(H,4,5,6). The third-order valence-corrected chi connectivity index (χ3v) is 6.44. The maximum Gasteiger partial charge on any atom is 0.267 e. The van der Waals surface area contributed by atoms with Gasteiger partial charge in [0.2, 0.25) is 0 Å². The van der Waals surface area contributed by atoms with Gasteiger partial charge in [0.05, 0.1) is 10.3 Å². The van der Waals surface area contributed by atoms with E-state index in [1.54, 1.807) is 6.20 Å². The van der Waals surface area contributed by atoms with Crippen LogP contribution in [0.5, 0.6) is 0 Å². The first-order valence-electron chi connectivity index (χ1n) is 10.5. The highest BCUT2D eigenvalue weighted by Gasteiger charge is 2.09. The van der Waals surface area contributed by atoms with Gasteiger partial charge in [-0.05, 0) is 45.0 Å². The Bertz CT molecular complexity index is 655. The fourth-order valence-electron chi connectivity index (χ4n) is 2.67. The number of nitrogens with zero attached hydrogens (tertiary/aromatic N) is 2. The Labute approximate surface area is 187 Å². The molecule has 0 aliphatic heterocycles. The van der Waals surface area contributed by atoms with E-state index in [9.17, 15) is 8.42 Å². The minimum atomic E-state index is -3.74. The highest BCUT2D eigenvalue weighted by Crippen LogP contribution is 2.21. The lowest BCUT2D eigenvalue weighted by atomic mass is 10.1. The van der Waals surface area contributed by atoms with E-state index in [2.05, 4.69) is 23.9 Å². The molecule has 1 aromatic heterocycles. The molecule has 0 unspecified atom stereocenters. The molecule has 0 saturated heterocycles. The van der Waals surface area contributed by atoms with Crippen LogP contribution in [0.15, 0.2) is 12.4 Å². The summed E-state index contributed by atoms with van der Waals surface area (Å²) < 4.78 is 27.8. The molecule has 1 heterocycles. The van der Waals surface area contributed by atoms with E-state index < -0.39 is 15.4 Å². The van der Waals surface area contributed by atoms with Gasteiger partial charge in [-0.2, -0.15) is 8.42 Å². The molecule has 0 radical (unpaired) electrons. The summed E-state index contributed by atoms with van der Waals surface area (Å²) in [6.07, 6.45) is 14.4. The van der Waals surface area contributed by atoms with Crippen molar-refractivity contribution in [1.29, 1.82) is 0 Å². The average molecular weight is 470 g/mol. The molecule has 0 bridgehead atoms. The largest absolute Gasteiger partial charge is 0.302 e.